The number of rotatable bonds is 7. The first kappa shape index (κ1) is 23.0. The van der Waals surface area contributed by atoms with Gasteiger partial charge in [-0.25, -0.2) is 4.39 Å². The summed E-state index contributed by atoms with van der Waals surface area (Å²) in [6.45, 7) is 3.74. The van der Waals surface area contributed by atoms with Crippen molar-refractivity contribution in [3.05, 3.63) is 69.7 Å². The van der Waals surface area contributed by atoms with E-state index in [2.05, 4.69) is 36.8 Å². The number of carbonyl (C=O) groups excluding carboxylic acids is 2. The van der Waals surface area contributed by atoms with Crippen molar-refractivity contribution >= 4 is 45.2 Å². The van der Waals surface area contributed by atoms with E-state index < -0.39 is 5.82 Å². The van der Waals surface area contributed by atoms with Gasteiger partial charge in [-0.05, 0) is 44.2 Å². The molecule has 0 bridgehead atoms. The molecule has 2 N–H and O–H groups in total. The van der Waals surface area contributed by atoms with Crippen LogP contribution in [0.25, 0.3) is 0 Å². The molecule has 162 valence electrons. The van der Waals surface area contributed by atoms with Gasteiger partial charge in [0.2, 0.25) is 5.91 Å². The van der Waals surface area contributed by atoms with Gasteiger partial charge in [0.25, 0.3) is 5.91 Å². The number of carbonyl (C=O) groups is 2. The Morgan fingerprint density at radius 1 is 1.23 bits per heavy atom. The van der Waals surface area contributed by atoms with Gasteiger partial charge in [0.1, 0.15) is 5.82 Å². The zero-order chi connectivity index (χ0) is 22.5. The van der Waals surface area contributed by atoms with Crippen molar-refractivity contribution in [1.82, 2.24) is 20.1 Å². The molecule has 0 saturated heterocycles. The largest absolute Gasteiger partial charge is 0.342 e. The summed E-state index contributed by atoms with van der Waals surface area (Å²) in [4.78, 5) is 24.7. The van der Waals surface area contributed by atoms with Crippen LogP contribution in [0.5, 0.6) is 0 Å². The Morgan fingerprint density at radius 3 is 2.71 bits per heavy atom. The Morgan fingerprint density at radius 2 is 2.00 bits per heavy atom. The lowest BCUT2D eigenvalue weighted by Gasteiger charge is -2.14. The quantitative estimate of drug-likeness (QED) is 0.468. The molecular formula is C21H21BrFN5O2S. The van der Waals surface area contributed by atoms with Crippen LogP contribution in [-0.2, 0) is 11.8 Å². The van der Waals surface area contributed by atoms with E-state index in [1.807, 2.05) is 32.0 Å². The molecule has 7 nitrogen and oxygen atoms in total. The van der Waals surface area contributed by atoms with Crippen LogP contribution in [0.4, 0.5) is 10.1 Å². The second-order valence-corrected chi connectivity index (χ2v) is 8.78. The van der Waals surface area contributed by atoms with E-state index in [-0.39, 0.29) is 29.3 Å². The molecule has 0 aliphatic rings. The van der Waals surface area contributed by atoms with E-state index >= 15 is 0 Å². The number of hydrogen-bond donors (Lipinski definition) is 2. The molecular weight excluding hydrogens is 485 g/mol. The van der Waals surface area contributed by atoms with Gasteiger partial charge in [-0.1, -0.05) is 45.4 Å². The van der Waals surface area contributed by atoms with E-state index in [9.17, 15) is 14.0 Å². The molecule has 0 aliphatic heterocycles. The Hall–Kier alpha value is -2.72. The molecule has 2 aromatic carbocycles. The highest BCUT2D eigenvalue weighted by atomic mass is 79.9. The van der Waals surface area contributed by atoms with Crippen molar-refractivity contribution in [2.75, 3.05) is 11.1 Å². The molecule has 0 unspecified atom stereocenters. The van der Waals surface area contributed by atoms with Crippen LogP contribution in [-0.4, -0.2) is 32.3 Å². The molecule has 2 amide bonds. The van der Waals surface area contributed by atoms with Crippen LogP contribution >= 0.6 is 27.7 Å². The summed E-state index contributed by atoms with van der Waals surface area (Å²) in [5.74, 6) is -0.499. The normalized spacial score (nSPS) is 11.8. The van der Waals surface area contributed by atoms with Gasteiger partial charge in [-0.2, -0.15) is 0 Å². The molecule has 3 aromatic rings. The maximum absolute atomic E-state index is 13.9. The van der Waals surface area contributed by atoms with Crippen molar-refractivity contribution in [3.63, 3.8) is 0 Å². The highest BCUT2D eigenvalue weighted by Crippen LogP contribution is 2.22. The summed E-state index contributed by atoms with van der Waals surface area (Å²) in [6.07, 6.45) is 0. The zero-order valence-electron chi connectivity index (χ0n) is 17.1. The SMILES string of the molecule is Cc1cccc(C(=O)N[C@@H](C)c2nnc(SCC(=O)Nc3ccc(Br)cc3F)n2C)c1. The highest BCUT2D eigenvalue weighted by Gasteiger charge is 2.19. The summed E-state index contributed by atoms with van der Waals surface area (Å²) in [7, 11) is 1.76. The second kappa shape index (κ2) is 10.1. The van der Waals surface area contributed by atoms with Crippen LogP contribution in [0, 0.1) is 12.7 Å². The van der Waals surface area contributed by atoms with E-state index in [1.165, 1.54) is 23.9 Å². The van der Waals surface area contributed by atoms with Gasteiger partial charge in [-0.3, -0.25) is 9.59 Å². The van der Waals surface area contributed by atoms with E-state index in [0.717, 1.165) is 5.56 Å². The fraction of sp³-hybridized carbons (Fsp3) is 0.238. The Bertz CT molecular complexity index is 1120. The minimum Gasteiger partial charge on any atom is -0.342 e. The number of benzene rings is 2. The Balaban J connectivity index is 1.59. The summed E-state index contributed by atoms with van der Waals surface area (Å²) in [6, 6.07) is 11.3. The number of aromatic nitrogens is 3. The van der Waals surface area contributed by atoms with Crippen LogP contribution in [0.15, 0.2) is 52.1 Å². The molecule has 3 rings (SSSR count). The average molecular weight is 506 g/mol. The number of amides is 2. The number of aryl methyl sites for hydroxylation is 1. The first-order valence-corrected chi connectivity index (χ1v) is 11.2. The topological polar surface area (TPSA) is 88.9 Å². The molecule has 1 heterocycles. The predicted molar refractivity (Wildman–Crippen MR) is 122 cm³/mol. The first-order chi connectivity index (χ1) is 14.7. The molecule has 31 heavy (non-hydrogen) atoms. The third-order valence-electron chi connectivity index (χ3n) is 4.42. The van der Waals surface area contributed by atoms with Crippen molar-refractivity contribution in [3.8, 4) is 0 Å². The smallest absolute Gasteiger partial charge is 0.251 e. The second-order valence-electron chi connectivity index (χ2n) is 6.93. The molecule has 1 aromatic heterocycles. The summed E-state index contributed by atoms with van der Waals surface area (Å²) in [5.41, 5.74) is 1.68. The number of nitrogens with zero attached hydrogens (tertiary/aromatic N) is 3. The predicted octanol–water partition coefficient (Wildman–Crippen LogP) is 4.25. The lowest BCUT2D eigenvalue weighted by molar-refractivity contribution is -0.113. The molecule has 0 saturated carbocycles. The molecule has 1 atom stereocenters. The first-order valence-electron chi connectivity index (χ1n) is 9.39. The molecule has 0 spiro atoms. The monoisotopic (exact) mass is 505 g/mol. The van der Waals surface area contributed by atoms with Crippen LogP contribution in [0.3, 0.4) is 0 Å². The summed E-state index contributed by atoms with van der Waals surface area (Å²) >= 11 is 4.35. The van der Waals surface area contributed by atoms with Gasteiger partial charge < -0.3 is 15.2 Å². The lowest BCUT2D eigenvalue weighted by atomic mass is 10.1. The number of anilines is 1. The van der Waals surface area contributed by atoms with E-state index in [1.54, 1.807) is 23.7 Å². The number of halogens is 2. The van der Waals surface area contributed by atoms with Crippen molar-refractivity contribution < 1.29 is 14.0 Å². The zero-order valence-corrected chi connectivity index (χ0v) is 19.6. The molecule has 10 heteroatoms. The molecule has 0 fully saturated rings. The fourth-order valence-electron chi connectivity index (χ4n) is 2.87. The van der Waals surface area contributed by atoms with E-state index in [0.29, 0.717) is 21.0 Å². The fourth-order valence-corrected chi connectivity index (χ4v) is 3.92. The van der Waals surface area contributed by atoms with Crippen molar-refractivity contribution in [2.24, 2.45) is 7.05 Å². The van der Waals surface area contributed by atoms with Gasteiger partial charge in [0.15, 0.2) is 11.0 Å². The minimum absolute atomic E-state index is 0.0332. The average Bonchev–Trinajstić information content (AvgIpc) is 3.09. The summed E-state index contributed by atoms with van der Waals surface area (Å²) in [5, 5.41) is 14.2. The van der Waals surface area contributed by atoms with Gasteiger partial charge in [0.05, 0.1) is 17.5 Å². The van der Waals surface area contributed by atoms with Crippen LogP contribution in [0.1, 0.15) is 34.7 Å². The third-order valence-corrected chi connectivity index (χ3v) is 5.93. The van der Waals surface area contributed by atoms with Gasteiger partial charge in [-0.15, -0.1) is 10.2 Å². The standard InChI is InChI=1S/C21H21BrFN5O2S/c1-12-5-4-6-14(9-12)20(30)24-13(2)19-26-27-21(28(19)3)31-11-18(29)25-17-8-7-15(22)10-16(17)23/h4-10,13H,11H2,1-3H3,(H,24,30)(H,25,29)/t13-/m0/s1. The van der Waals surface area contributed by atoms with Crippen LogP contribution < -0.4 is 10.6 Å². The Labute approximate surface area is 192 Å². The minimum atomic E-state index is -0.521. The number of thioether (sulfide) groups is 1. The number of hydrogen-bond acceptors (Lipinski definition) is 5. The van der Waals surface area contributed by atoms with Gasteiger partial charge >= 0.3 is 0 Å². The maximum atomic E-state index is 13.9. The maximum Gasteiger partial charge on any atom is 0.251 e. The third kappa shape index (κ3) is 5.92. The lowest BCUT2D eigenvalue weighted by Crippen LogP contribution is -2.28. The van der Waals surface area contributed by atoms with Crippen LogP contribution in [0.2, 0.25) is 0 Å². The summed E-state index contributed by atoms with van der Waals surface area (Å²) < 4.78 is 16.2. The van der Waals surface area contributed by atoms with E-state index in [4.69, 9.17) is 0 Å². The highest BCUT2D eigenvalue weighted by molar-refractivity contribution is 9.10. The molecule has 0 radical (unpaired) electrons. The number of nitrogens with one attached hydrogen (secondary N) is 2. The Kier molecular flexibility index (Phi) is 7.45. The van der Waals surface area contributed by atoms with Crippen molar-refractivity contribution in [1.29, 1.82) is 0 Å². The van der Waals surface area contributed by atoms with Gasteiger partial charge in [0, 0.05) is 17.1 Å². The van der Waals surface area contributed by atoms with Crippen molar-refractivity contribution in [2.45, 2.75) is 25.0 Å². The molecule has 0 aliphatic carbocycles.